The molecule has 1 amide bonds. The second-order valence-electron chi connectivity index (χ2n) is 7.87. The number of azo groups is 1. The number of benzene rings is 2. The Bertz CT molecular complexity index is 1260. The van der Waals surface area contributed by atoms with Crippen molar-refractivity contribution in [2.75, 3.05) is 13.1 Å². The molecule has 0 radical (unpaired) electrons. The summed E-state index contributed by atoms with van der Waals surface area (Å²) in [4.78, 5) is 15.8. The summed E-state index contributed by atoms with van der Waals surface area (Å²) in [6.07, 6.45) is 1.10. The molecule has 8 nitrogen and oxygen atoms in total. The smallest absolute Gasteiger partial charge is 0.269 e. The van der Waals surface area contributed by atoms with Crippen molar-refractivity contribution in [3.8, 4) is 5.88 Å². The maximum absolute atomic E-state index is 13.0. The van der Waals surface area contributed by atoms with Gasteiger partial charge in [0.1, 0.15) is 0 Å². The molecular formula is C22H24N4O4S. The van der Waals surface area contributed by atoms with Crippen LogP contribution in [0.4, 0.5) is 5.69 Å². The van der Waals surface area contributed by atoms with Gasteiger partial charge in [0.15, 0.2) is 5.69 Å². The number of aromatic hydroxyl groups is 1. The maximum atomic E-state index is 13.0. The molecular weight excluding hydrogens is 416 g/mol. The van der Waals surface area contributed by atoms with Crippen LogP contribution in [0, 0.1) is 19.8 Å². The topological polar surface area (TPSA) is 115 Å². The third-order valence-electron chi connectivity index (χ3n) is 5.64. The molecule has 0 spiro atoms. The van der Waals surface area contributed by atoms with Gasteiger partial charge < -0.3 is 10.1 Å². The number of hydrogen-bond acceptors (Lipinski definition) is 5. The molecule has 162 valence electrons. The molecule has 1 aliphatic heterocycles. The molecule has 2 heterocycles. The predicted octanol–water partition coefficient (Wildman–Crippen LogP) is 4.20. The SMILES string of the molecule is Cc1ccc(S(=O)(=O)N2CCC[C@@H](C(=O)N=Nc3c(O)[nH]c4c(C)cccc34)C2)cc1. The Morgan fingerprint density at radius 3 is 2.65 bits per heavy atom. The van der Waals surface area contributed by atoms with Crippen molar-refractivity contribution in [3.63, 3.8) is 0 Å². The van der Waals surface area contributed by atoms with Gasteiger partial charge in [0.2, 0.25) is 15.9 Å². The highest BCUT2D eigenvalue weighted by atomic mass is 32.2. The number of nitrogens with one attached hydrogen (secondary N) is 1. The molecule has 0 bridgehead atoms. The molecule has 0 aliphatic carbocycles. The molecule has 0 unspecified atom stereocenters. The van der Waals surface area contributed by atoms with Crippen molar-refractivity contribution >= 4 is 32.5 Å². The standard InChI is InChI=1S/C22H24N4O4S/c1-14-8-10-17(11-9-14)31(29,30)26-12-4-6-16(13-26)21(27)25-24-20-18-7-3-5-15(2)19(18)23-22(20)28/h3,5,7-11,16,23,28H,4,6,12-13H2,1-2H3/t16-/m1/s1. The third-order valence-corrected chi connectivity index (χ3v) is 7.52. The highest BCUT2D eigenvalue weighted by Gasteiger charge is 2.33. The normalized spacial score (nSPS) is 18.1. The summed E-state index contributed by atoms with van der Waals surface area (Å²) in [5.74, 6) is -1.23. The zero-order valence-corrected chi connectivity index (χ0v) is 18.2. The Morgan fingerprint density at radius 1 is 1.16 bits per heavy atom. The number of hydrogen-bond donors (Lipinski definition) is 2. The number of carbonyl (C=O) groups is 1. The summed E-state index contributed by atoms with van der Waals surface area (Å²) >= 11 is 0. The largest absolute Gasteiger partial charge is 0.493 e. The highest BCUT2D eigenvalue weighted by Crippen LogP contribution is 2.37. The van der Waals surface area contributed by atoms with Crippen molar-refractivity contribution in [3.05, 3.63) is 53.6 Å². The van der Waals surface area contributed by atoms with E-state index in [2.05, 4.69) is 15.2 Å². The van der Waals surface area contributed by atoms with Gasteiger partial charge in [0.25, 0.3) is 5.91 Å². The lowest BCUT2D eigenvalue weighted by Gasteiger charge is -2.30. The van der Waals surface area contributed by atoms with Gasteiger partial charge in [-0.25, -0.2) is 8.42 Å². The number of para-hydroxylation sites is 1. The Morgan fingerprint density at radius 2 is 1.90 bits per heavy atom. The number of amides is 1. The second kappa shape index (κ2) is 8.24. The average molecular weight is 441 g/mol. The van der Waals surface area contributed by atoms with Crippen LogP contribution in [-0.4, -0.2) is 41.8 Å². The number of fused-ring (bicyclic) bond motifs is 1. The van der Waals surface area contributed by atoms with E-state index in [-0.39, 0.29) is 23.0 Å². The van der Waals surface area contributed by atoms with Crippen molar-refractivity contribution in [2.24, 2.45) is 16.1 Å². The van der Waals surface area contributed by atoms with Gasteiger partial charge in [-0.3, -0.25) is 4.79 Å². The van der Waals surface area contributed by atoms with Gasteiger partial charge in [0.05, 0.1) is 16.3 Å². The van der Waals surface area contributed by atoms with Crippen LogP contribution >= 0.6 is 0 Å². The minimum atomic E-state index is -3.68. The van der Waals surface area contributed by atoms with E-state index < -0.39 is 21.8 Å². The first-order valence-electron chi connectivity index (χ1n) is 10.1. The first kappa shape index (κ1) is 21.2. The summed E-state index contributed by atoms with van der Waals surface area (Å²) in [5, 5.41) is 18.6. The van der Waals surface area contributed by atoms with Crippen molar-refractivity contribution in [2.45, 2.75) is 31.6 Å². The fourth-order valence-electron chi connectivity index (χ4n) is 3.84. The minimum absolute atomic E-state index is 0.0625. The quantitative estimate of drug-likeness (QED) is 0.592. The number of aromatic nitrogens is 1. The Labute approximate surface area is 180 Å². The van der Waals surface area contributed by atoms with Crippen LogP contribution in [0.15, 0.2) is 57.6 Å². The van der Waals surface area contributed by atoms with E-state index in [9.17, 15) is 18.3 Å². The number of sulfonamides is 1. The average Bonchev–Trinajstić information content (AvgIpc) is 3.09. The molecule has 9 heteroatoms. The van der Waals surface area contributed by atoms with Crippen LogP contribution in [0.2, 0.25) is 0 Å². The lowest BCUT2D eigenvalue weighted by atomic mass is 9.99. The molecule has 2 aromatic carbocycles. The van der Waals surface area contributed by atoms with E-state index >= 15 is 0 Å². The fraction of sp³-hybridized carbons (Fsp3) is 0.318. The van der Waals surface area contributed by atoms with E-state index in [4.69, 9.17) is 0 Å². The van der Waals surface area contributed by atoms with Crippen molar-refractivity contribution < 1.29 is 18.3 Å². The van der Waals surface area contributed by atoms with Crippen molar-refractivity contribution in [1.82, 2.24) is 9.29 Å². The lowest BCUT2D eigenvalue weighted by Crippen LogP contribution is -2.41. The number of nitrogens with zero attached hydrogens (tertiary/aromatic N) is 3. The molecule has 31 heavy (non-hydrogen) atoms. The Hall–Kier alpha value is -3.04. The maximum Gasteiger partial charge on any atom is 0.269 e. The lowest BCUT2D eigenvalue weighted by molar-refractivity contribution is -0.123. The summed E-state index contributed by atoms with van der Waals surface area (Å²) in [6.45, 7) is 4.21. The second-order valence-corrected chi connectivity index (χ2v) is 9.81. The molecule has 1 aromatic heterocycles. The molecule has 0 saturated carbocycles. The molecule has 1 saturated heterocycles. The first-order valence-corrected chi connectivity index (χ1v) is 11.5. The molecule has 2 N–H and O–H groups in total. The fourth-order valence-corrected chi connectivity index (χ4v) is 5.36. The Kier molecular flexibility index (Phi) is 5.63. The number of H-pyrrole nitrogens is 1. The van der Waals surface area contributed by atoms with E-state index in [0.717, 1.165) is 16.6 Å². The summed E-state index contributed by atoms with van der Waals surface area (Å²) in [5.41, 5.74) is 2.84. The van der Waals surface area contributed by atoms with Crippen LogP contribution in [-0.2, 0) is 14.8 Å². The van der Waals surface area contributed by atoms with Crippen LogP contribution in [0.25, 0.3) is 10.9 Å². The number of rotatable bonds is 4. The van der Waals surface area contributed by atoms with Crippen LogP contribution < -0.4 is 0 Å². The number of aryl methyl sites for hydroxylation is 2. The van der Waals surface area contributed by atoms with Gasteiger partial charge >= 0.3 is 0 Å². The van der Waals surface area contributed by atoms with Crippen LogP contribution in [0.5, 0.6) is 5.88 Å². The van der Waals surface area contributed by atoms with E-state index in [0.29, 0.717) is 24.8 Å². The van der Waals surface area contributed by atoms with E-state index in [1.165, 1.54) is 4.31 Å². The number of aromatic amines is 1. The van der Waals surface area contributed by atoms with Gasteiger partial charge in [-0.15, -0.1) is 10.2 Å². The monoisotopic (exact) mass is 440 g/mol. The summed E-state index contributed by atoms with van der Waals surface area (Å²) < 4.78 is 27.3. The van der Waals surface area contributed by atoms with Gasteiger partial charge in [-0.2, -0.15) is 4.31 Å². The highest BCUT2D eigenvalue weighted by molar-refractivity contribution is 7.89. The summed E-state index contributed by atoms with van der Waals surface area (Å²) in [7, 11) is -3.68. The van der Waals surface area contributed by atoms with Crippen molar-refractivity contribution in [1.29, 1.82) is 0 Å². The zero-order chi connectivity index (χ0) is 22.2. The molecule has 1 atom stereocenters. The third kappa shape index (κ3) is 4.11. The minimum Gasteiger partial charge on any atom is -0.493 e. The summed E-state index contributed by atoms with van der Waals surface area (Å²) in [6, 6.07) is 12.2. The molecule has 3 aromatic rings. The van der Waals surface area contributed by atoms with E-state index in [1.807, 2.05) is 26.0 Å². The van der Waals surface area contributed by atoms with Gasteiger partial charge in [0, 0.05) is 18.5 Å². The van der Waals surface area contributed by atoms with E-state index in [1.54, 1.807) is 30.3 Å². The van der Waals surface area contributed by atoms with Crippen LogP contribution in [0.1, 0.15) is 24.0 Å². The molecule has 1 aliphatic rings. The first-order chi connectivity index (χ1) is 14.8. The van der Waals surface area contributed by atoms with Gasteiger partial charge in [-0.05, 0) is 44.4 Å². The predicted molar refractivity (Wildman–Crippen MR) is 117 cm³/mol. The molecule has 4 rings (SSSR count). The molecule has 1 fully saturated rings. The van der Waals surface area contributed by atoms with Gasteiger partial charge in [-0.1, -0.05) is 35.9 Å². The zero-order valence-electron chi connectivity index (χ0n) is 17.4. The van der Waals surface area contributed by atoms with Crippen LogP contribution in [0.3, 0.4) is 0 Å². The number of carbonyl (C=O) groups excluding carboxylic acids is 1. The number of piperidine rings is 1. The Balaban J connectivity index is 1.53.